The number of halogens is 2. The molecule has 3 aromatic carbocycles. The van der Waals surface area contributed by atoms with Crippen LogP contribution in [0, 0.1) is 5.82 Å². The van der Waals surface area contributed by atoms with Gasteiger partial charge in [0, 0.05) is 5.02 Å². The number of nitrogens with zero attached hydrogens (tertiary/aromatic N) is 2. The summed E-state index contributed by atoms with van der Waals surface area (Å²) in [6.45, 7) is 0. The van der Waals surface area contributed by atoms with E-state index < -0.39 is 11.6 Å². The normalized spacial score (nSPS) is 10.9. The van der Waals surface area contributed by atoms with Gasteiger partial charge < -0.3 is 0 Å². The van der Waals surface area contributed by atoms with Crippen molar-refractivity contribution in [2.24, 2.45) is 10.2 Å². The first-order valence-electron chi connectivity index (χ1n) is 7.21. The molecule has 3 nitrogen and oxygen atoms in total. The van der Waals surface area contributed by atoms with Crippen LogP contribution in [0.5, 0.6) is 0 Å². The van der Waals surface area contributed by atoms with Crippen molar-refractivity contribution in [3.63, 3.8) is 0 Å². The Labute approximate surface area is 143 Å². The van der Waals surface area contributed by atoms with Crippen molar-refractivity contribution in [3.8, 4) is 0 Å². The van der Waals surface area contributed by atoms with E-state index in [2.05, 4.69) is 10.2 Å². The Morgan fingerprint density at radius 2 is 1.54 bits per heavy atom. The highest BCUT2D eigenvalue weighted by atomic mass is 35.5. The lowest BCUT2D eigenvalue weighted by atomic mass is 10.0. The number of carbonyl (C=O) groups excluding carboxylic acids is 1. The second-order valence-electron chi connectivity index (χ2n) is 5.01. The van der Waals surface area contributed by atoms with Crippen LogP contribution in [0.15, 0.2) is 83.0 Å². The smallest absolute Gasteiger partial charge is 0.198 e. The van der Waals surface area contributed by atoms with Gasteiger partial charge in [-0.2, -0.15) is 5.11 Å². The Kier molecular flexibility index (Phi) is 4.77. The van der Waals surface area contributed by atoms with E-state index in [1.807, 2.05) is 18.2 Å². The molecule has 118 valence electrons. The van der Waals surface area contributed by atoms with E-state index in [-0.39, 0.29) is 11.1 Å². The Hall–Kier alpha value is -2.85. The van der Waals surface area contributed by atoms with Crippen LogP contribution in [0.1, 0.15) is 15.9 Å². The molecule has 0 aliphatic carbocycles. The lowest BCUT2D eigenvalue weighted by molar-refractivity contribution is 0.103. The number of benzene rings is 3. The monoisotopic (exact) mass is 338 g/mol. The third-order valence-electron chi connectivity index (χ3n) is 3.35. The van der Waals surface area contributed by atoms with Gasteiger partial charge in [0.15, 0.2) is 5.78 Å². The highest BCUT2D eigenvalue weighted by molar-refractivity contribution is 6.31. The molecule has 24 heavy (non-hydrogen) atoms. The summed E-state index contributed by atoms with van der Waals surface area (Å²) in [5, 5.41) is 8.59. The zero-order chi connectivity index (χ0) is 16.9. The van der Waals surface area contributed by atoms with Gasteiger partial charge in [0.2, 0.25) is 0 Å². The first-order valence-corrected chi connectivity index (χ1v) is 7.58. The molecule has 0 heterocycles. The highest BCUT2D eigenvalue weighted by Crippen LogP contribution is 2.28. The minimum atomic E-state index is -0.589. The molecule has 0 unspecified atom stereocenters. The summed E-state index contributed by atoms with van der Waals surface area (Å²) in [6, 6.07) is 19.6. The molecule has 0 bridgehead atoms. The molecule has 0 spiro atoms. The minimum Gasteiger partial charge on any atom is -0.288 e. The zero-order valence-corrected chi connectivity index (χ0v) is 13.2. The molecule has 3 rings (SSSR count). The third-order valence-corrected chi connectivity index (χ3v) is 3.59. The quantitative estimate of drug-likeness (QED) is 0.417. The van der Waals surface area contributed by atoms with Gasteiger partial charge in [-0.15, -0.1) is 5.11 Å². The second kappa shape index (κ2) is 7.15. The van der Waals surface area contributed by atoms with Crippen molar-refractivity contribution < 1.29 is 9.18 Å². The van der Waals surface area contributed by atoms with Gasteiger partial charge in [-0.05, 0) is 42.5 Å². The molecular weight excluding hydrogens is 327 g/mol. The fraction of sp³-hybridized carbons (Fsp3) is 0. The molecule has 0 saturated carbocycles. The van der Waals surface area contributed by atoms with Gasteiger partial charge in [-0.3, -0.25) is 4.79 Å². The predicted molar refractivity (Wildman–Crippen MR) is 91.9 cm³/mol. The molecule has 0 aliphatic heterocycles. The molecular formula is C19H12ClFN2O. The molecule has 3 aromatic rings. The summed E-state index contributed by atoms with van der Waals surface area (Å²) in [4.78, 5) is 12.7. The number of azo groups is 1. The molecule has 0 fully saturated rings. The molecule has 0 saturated heterocycles. The topological polar surface area (TPSA) is 41.8 Å². The van der Waals surface area contributed by atoms with Crippen LogP contribution in [0.4, 0.5) is 15.8 Å². The summed E-state index contributed by atoms with van der Waals surface area (Å²) < 4.78 is 13.9. The van der Waals surface area contributed by atoms with E-state index in [4.69, 9.17) is 11.6 Å². The van der Waals surface area contributed by atoms with Gasteiger partial charge in [0.25, 0.3) is 0 Å². The van der Waals surface area contributed by atoms with Crippen LogP contribution >= 0.6 is 11.6 Å². The number of hydrogen-bond donors (Lipinski definition) is 0. The Bertz CT molecular complexity index is 910. The number of hydrogen-bond acceptors (Lipinski definition) is 3. The van der Waals surface area contributed by atoms with Gasteiger partial charge in [0.1, 0.15) is 5.82 Å². The molecule has 0 aliphatic rings. The largest absolute Gasteiger partial charge is 0.288 e. The summed E-state index contributed by atoms with van der Waals surface area (Å²) in [5.74, 6) is -1.08. The van der Waals surface area contributed by atoms with Crippen molar-refractivity contribution in [1.82, 2.24) is 0 Å². The lowest BCUT2D eigenvalue weighted by Crippen LogP contribution is -2.04. The molecule has 0 aromatic heterocycles. The Morgan fingerprint density at radius 1 is 0.833 bits per heavy atom. The molecule has 0 N–H and O–H groups in total. The van der Waals surface area contributed by atoms with E-state index in [1.54, 1.807) is 30.3 Å². The maximum Gasteiger partial charge on any atom is 0.198 e. The van der Waals surface area contributed by atoms with E-state index in [9.17, 15) is 9.18 Å². The maximum atomic E-state index is 13.9. The van der Waals surface area contributed by atoms with E-state index in [0.717, 1.165) is 0 Å². The van der Waals surface area contributed by atoms with Gasteiger partial charge in [-0.1, -0.05) is 41.9 Å². The average molecular weight is 339 g/mol. The van der Waals surface area contributed by atoms with E-state index in [0.29, 0.717) is 16.4 Å². The van der Waals surface area contributed by atoms with Crippen LogP contribution < -0.4 is 0 Å². The average Bonchev–Trinajstić information content (AvgIpc) is 2.61. The Morgan fingerprint density at radius 3 is 2.29 bits per heavy atom. The first kappa shape index (κ1) is 16.0. The minimum absolute atomic E-state index is 0.0315. The lowest BCUT2D eigenvalue weighted by Gasteiger charge is -2.06. The maximum absolute atomic E-state index is 13.9. The summed E-state index contributed by atoms with van der Waals surface area (Å²) in [6.07, 6.45) is 0. The zero-order valence-electron chi connectivity index (χ0n) is 12.5. The summed E-state index contributed by atoms with van der Waals surface area (Å²) in [7, 11) is 0. The number of ketones is 1. The fourth-order valence-electron chi connectivity index (χ4n) is 2.17. The van der Waals surface area contributed by atoms with E-state index in [1.165, 1.54) is 24.3 Å². The molecule has 0 atom stereocenters. The molecule has 0 radical (unpaired) electrons. The predicted octanol–water partition coefficient (Wildman–Crippen LogP) is 6.13. The SMILES string of the molecule is O=C(c1ccccc1F)c1cc(Cl)ccc1/N=N/c1ccccc1. The summed E-state index contributed by atoms with van der Waals surface area (Å²) >= 11 is 5.99. The van der Waals surface area contributed by atoms with E-state index >= 15 is 0 Å². The van der Waals surface area contributed by atoms with Gasteiger partial charge in [-0.25, -0.2) is 4.39 Å². The molecule has 0 amide bonds. The fourth-order valence-corrected chi connectivity index (χ4v) is 2.35. The highest BCUT2D eigenvalue weighted by Gasteiger charge is 2.17. The molecule has 5 heteroatoms. The van der Waals surface area contributed by atoms with Crippen LogP contribution in [-0.4, -0.2) is 5.78 Å². The van der Waals surface area contributed by atoms with Crippen molar-refractivity contribution in [3.05, 3.63) is 94.8 Å². The third kappa shape index (κ3) is 3.55. The number of rotatable bonds is 4. The van der Waals surface area contributed by atoms with Crippen LogP contribution in [-0.2, 0) is 0 Å². The summed E-state index contributed by atoms with van der Waals surface area (Å²) in [5.41, 5.74) is 1.15. The second-order valence-corrected chi connectivity index (χ2v) is 5.44. The first-order chi connectivity index (χ1) is 11.6. The van der Waals surface area contributed by atoms with Crippen LogP contribution in [0.25, 0.3) is 0 Å². The van der Waals surface area contributed by atoms with Crippen molar-refractivity contribution in [2.75, 3.05) is 0 Å². The van der Waals surface area contributed by atoms with Gasteiger partial charge in [0.05, 0.1) is 22.5 Å². The number of carbonyl (C=O) groups is 1. The van der Waals surface area contributed by atoms with Crippen molar-refractivity contribution >= 4 is 28.8 Å². The van der Waals surface area contributed by atoms with Crippen LogP contribution in [0.2, 0.25) is 5.02 Å². The van der Waals surface area contributed by atoms with Crippen molar-refractivity contribution in [2.45, 2.75) is 0 Å². The van der Waals surface area contributed by atoms with Crippen LogP contribution in [0.3, 0.4) is 0 Å². The van der Waals surface area contributed by atoms with Gasteiger partial charge >= 0.3 is 0 Å². The Balaban J connectivity index is 2.02. The standard InChI is InChI=1S/C19H12ClFN2O/c20-13-10-11-18(23-22-14-6-2-1-3-7-14)16(12-13)19(24)15-8-4-5-9-17(15)21/h1-12H/b23-22+. The van der Waals surface area contributed by atoms with Crippen molar-refractivity contribution in [1.29, 1.82) is 0 Å².